The van der Waals surface area contributed by atoms with Gasteiger partial charge in [-0.2, -0.15) is 0 Å². The number of carbonyl (C=O) groups is 2. The number of fused-ring (bicyclic) bond motifs is 2. The number of benzene rings is 2. The zero-order chi connectivity index (χ0) is 28.4. The number of hydrogen-bond acceptors (Lipinski definition) is 6. The molecule has 1 aromatic heterocycles. The Hall–Kier alpha value is -3.49. The minimum atomic E-state index is -0.761. The molecule has 0 fully saturated rings. The molecule has 2 aromatic carbocycles. The summed E-state index contributed by atoms with van der Waals surface area (Å²) < 4.78 is 7.20. The highest BCUT2D eigenvalue weighted by atomic mass is 35.5. The number of ether oxygens (including phenoxy) is 1. The van der Waals surface area contributed by atoms with Crippen LogP contribution in [0.2, 0.25) is 5.02 Å². The fraction of sp³-hybridized carbons (Fsp3) is 0.355. The van der Waals surface area contributed by atoms with Crippen molar-refractivity contribution in [3.8, 4) is 0 Å². The minimum absolute atomic E-state index is 0.175. The van der Waals surface area contributed by atoms with Crippen LogP contribution >= 0.6 is 22.9 Å². The first kappa shape index (κ1) is 28.1. The second-order valence-electron chi connectivity index (χ2n) is 9.94. The van der Waals surface area contributed by atoms with Crippen LogP contribution in [0.15, 0.2) is 69.6 Å². The van der Waals surface area contributed by atoms with Crippen LogP contribution in [0, 0.1) is 0 Å². The maximum Gasteiger partial charge on any atom is 0.338 e. The third-order valence-electron chi connectivity index (χ3n) is 7.31. The molecule has 0 bridgehead atoms. The Morgan fingerprint density at radius 1 is 1.02 bits per heavy atom. The Morgan fingerprint density at radius 3 is 2.48 bits per heavy atom. The van der Waals surface area contributed by atoms with Gasteiger partial charge in [-0.3, -0.25) is 14.2 Å². The number of anilines is 1. The number of rotatable bonds is 9. The van der Waals surface area contributed by atoms with Gasteiger partial charge >= 0.3 is 5.97 Å². The predicted octanol–water partition coefficient (Wildman–Crippen LogP) is 5.14. The molecular formula is C31H32ClN3O4S. The van der Waals surface area contributed by atoms with Crippen molar-refractivity contribution in [2.24, 2.45) is 4.99 Å². The number of hydrogen-bond donors (Lipinski definition) is 0. The third kappa shape index (κ3) is 5.06. The van der Waals surface area contributed by atoms with Gasteiger partial charge in [0, 0.05) is 17.1 Å². The maximum absolute atomic E-state index is 14.2. The van der Waals surface area contributed by atoms with Gasteiger partial charge in [-0.25, -0.2) is 9.79 Å². The first-order valence-electron chi connectivity index (χ1n) is 13.8. The molecule has 9 heteroatoms. The van der Waals surface area contributed by atoms with Gasteiger partial charge in [-0.05, 0) is 44.0 Å². The molecule has 0 N–H and O–H groups in total. The van der Waals surface area contributed by atoms with Crippen molar-refractivity contribution in [3.63, 3.8) is 0 Å². The lowest BCUT2D eigenvalue weighted by molar-refractivity contribution is -0.139. The van der Waals surface area contributed by atoms with E-state index >= 15 is 0 Å². The third-order valence-corrected chi connectivity index (χ3v) is 8.62. The summed E-state index contributed by atoms with van der Waals surface area (Å²) in [6.45, 7) is 6.45. The smallest absolute Gasteiger partial charge is 0.338 e. The van der Waals surface area contributed by atoms with Crippen LogP contribution in [0.3, 0.4) is 0 Å². The summed E-state index contributed by atoms with van der Waals surface area (Å²) in [5.41, 5.74) is 3.06. The van der Waals surface area contributed by atoms with E-state index in [9.17, 15) is 14.4 Å². The van der Waals surface area contributed by atoms with Gasteiger partial charge in [0.15, 0.2) is 4.80 Å². The number of esters is 1. The molecule has 1 amide bonds. The molecule has 1 atom stereocenters. The fourth-order valence-electron chi connectivity index (χ4n) is 5.40. The fourth-order valence-corrected chi connectivity index (χ4v) is 6.66. The normalized spacial score (nSPS) is 17.6. The molecule has 3 aromatic rings. The summed E-state index contributed by atoms with van der Waals surface area (Å²) in [5, 5.41) is 0.541. The van der Waals surface area contributed by atoms with E-state index in [1.54, 1.807) is 43.0 Å². The van der Waals surface area contributed by atoms with E-state index in [1.165, 1.54) is 22.3 Å². The number of allylic oxidation sites excluding steroid dienone is 1. The average Bonchev–Trinajstić information content (AvgIpc) is 3.40. The standard InChI is InChI=1S/C31H32ClN3O4S/c1-4-6-7-8-11-18-34-23-13-10-9-12-22(23)25(28(34)36)27-29(37)35-26(20-14-16-21(32)17-15-20)24(30(38)39-5-2)19(3)33-31(35)40-27/h9-10,12-17,26H,4-8,11,18H2,1-3H3/b27-25-. The first-order chi connectivity index (χ1) is 19.4. The van der Waals surface area contributed by atoms with Crippen LogP contribution in [0.5, 0.6) is 0 Å². The zero-order valence-electron chi connectivity index (χ0n) is 22.9. The molecule has 1 unspecified atom stereocenters. The number of carbonyl (C=O) groups excluding carboxylic acids is 2. The summed E-state index contributed by atoms with van der Waals surface area (Å²) in [4.78, 5) is 48.1. The summed E-state index contributed by atoms with van der Waals surface area (Å²) >= 11 is 7.34. The van der Waals surface area contributed by atoms with Gasteiger partial charge in [-0.15, -0.1) is 0 Å². The Balaban J connectivity index is 1.67. The molecule has 40 heavy (non-hydrogen) atoms. The van der Waals surface area contributed by atoms with Gasteiger partial charge < -0.3 is 9.64 Å². The second kappa shape index (κ2) is 11.9. The summed E-state index contributed by atoms with van der Waals surface area (Å²) in [6, 6.07) is 13.9. The lowest BCUT2D eigenvalue weighted by atomic mass is 9.96. The molecular weight excluding hydrogens is 546 g/mol. The van der Waals surface area contributed by atoms with Gasteiger partial charge in [0.1, 0.15) is 4.53 Å². The second-order valence-corrected chi connectivity index (χ2v) is 11.4. The lowest BCUT2D eigenvalue weighted by Gasteiger charge is -2.24. The van der Waals surface area contributed by atoms with Crippen LogP contribution in [0.25, 0.3) is 5.57 Å². The van der Waals surface area contributed by atoms with E-state index in [4.69, 9.17) is 16.3 Å². The first-order valence-corrected chi connectivity index (χ1v) is 15.0. The number of unbranched alkanes of at least 4 members (excludes halogenated alkanes) is 4. The molecule has 5 rings (SSSR count). The van der Waals surface area contributed by atoms with Crippen molar-refractivity contribution in [3.05, 3.63) is 95.6 Å². The van der Waals surface area contributed by atoms with E-state index in [1.807, 2.05) is 24.3 Å². The van der Waals surface area contributed by atoms with Crippen molar-refractivity contribution in [1.82, 2.24) is 4.57 Å². The van der Waals surface area contributed by atoms with Gasteiger partial charge in [0.2, 0.25) is 0 Å². The van der Waals surface area contributed by atoms with Crippen LogP contribution in [-0.2, 0) is 14.3 Å². The summed E-state index contributed by atoms with van der Waals surface area (Å²) in [7, 11) is 0. The molecule has 0 radical (unpaired) electrons. The van der Waals surface area contributed by atoms with E-state index in [0.717, 1.165) is 36.9 Å². The SMILES string of the molecule is CCCCCCCN1C(=O)/C(=c2\sc3n(c2=O)C(c2ccc(Cl)cc2)C(C(=O)OCC)=C(C)N=3)c2ccccc21. The van der Waals surface area contributed by atoms with E-state index < -0.39 is 12.0 Å². The number of halogens is 1. The number of thiazole rings is 1. The lowest BCUT2D eigenvalue weighted by Crippen LogP contribution is -2.41. The van der Waals surface area contributed by atoms with Crippen molar-refractivity contribution in [2.45, 2.75) is 58.9 Å². The molecule has 0 aliphatic carbocycles. The van der Waals surface area contributed by atoms with E-state index in [2.05, 4.69) is 11.9 Å². The van der Waals surface area contributed by atoms with Crippen molar-refractivity contribution < 1.29 is 14.3 Å². The Bertz CT molecular complexity index is 1670. The van der Waals surface area contributed by atoms with E-state index in [-0.39, 0.29) is 18.1 Å². The molecule has 0 saturated carbocycles. The van der Waals surface area contributed by atoms with Crippen molar-refractivity contribution >= 4 is 46.1 Å². The molecule has 208 valence electrons. The number of amides is 1. The Kier molecular flexibility index (Phi) is 8.38. The summed E-state index contributed by atoms with van der Waals surface area (Å²) in [5.74, 6) is -0.704. The predicted molar refractivity (Wildman–Crippen MR) is 158 cm³/mol. The Morgan fingerprint density at radius 2 is 1.75 bits per heavy atom. The highest BCUT2D eigenvalue weighted by Crippen LogP contribution is 2.36. The van der Waals surface area contributed by atoms with E-state index in [0.29, 0.717) is 43.3 Å². The molecule has 3 heterocycles. The molecule has 2 aliphatic heterocycles. The molecule has 2 aliphatic rings. The monoisotopic (exact) mass is 577 g/mol. The van der Waals surface area contributed by atoms with Crippen LogP contribution in [0.4, 0.5) is 5.69 Å². The number of aromatic nitrogens is 1. The topological polar surface area (TPSA) is 81.0 Å². The zero-order valence-corrected chi connectivity index (χ0v) is 24.5. The summed E-state index contributed by atoms with van der Waals surface area (Å²) in [6.07, 6.45) is 5.42. The highest BCUT2D eigenvalue weighted by Gasteiger charge is 2.37. The van der Waals surface area contributed by atoms with Crippen molar-refractivity contribution in [2.75, 3.05) is 18.1 Å². The van der Waals surface area contributed by atoms with Crippen molar-refractivity contribution in [1.29, 1.82) is 0 Å². The Labute approximate surface area is 242 Å². The average molecular weight is 578 g/mol. The van der Waals surface area contributed by atoms with Crippen LogP contribution < -0.4 is 19.8 Å². The molecule has 0 spiro atoms. The number of nitrogens with zero attached hydrogens (tertiary/aromatic N) is 3. The largest absolute Gasteiger partial charge is 0.463 e. The van der Waals surface area contributed by atoms with Crippen LogP contribution in [-0.4, -0.2) is 29.6 Å². The van der Waals surface area contributed by atoms with Gasteiger partial charge in [-0.1, -0.05) is 85.9 Å². The van der Waals surface area contributed by atoms with Crippen LogP contribution in [0.1, 0.15) is 70.0 Å². The quantitative estimate of drug-likeness (QED) is 0.260. The maximum atomic E-state index is 14.2. The highest BCUT2D eigenvalue weighted by molar-refractivity contribution is 7.07. The molecule has 7 nitrogen and oxygen atoms in total. The number of para-hydroxylation sites is 1. The molecule has 0 saturated heterocycles. The minimum Gasteiger partial charge on any atom is -0.463 e. The van der Waals surface area contributed by atoms with Gasteiger partial charge in [0.05, 0.1) is 35.2 Å². The van der Waals surface area contributed by atoms with Gasteiger partial charge in [0.25, 0.3) is 11.5 Å².